The topological polar surface area (TPSA) is 60.9 Å². The Morgan fingerprint density at radius 2 is 1.86 bits per heavy atom. The van der Waals surface area contributed by atoms with Crippen molar-refractivity contribution in [1.82, 2.24) is 9.80 Å². The first-order valence-electron chi connectivity index (χ1n) is 9.63. The van der Waals surface area contributed by atoms with Crippen LogP contribution in [0.3, 0.4) is 0 Å². The van der Waals surface area contributed by atoms with E-state index in [1.54, 1.807) is 21.9 Å². The molecular weight excluding hydrogens is 352 g/mol. The minimum atomic E-state index is -0.223. The Bertz CT molecular complexity index is 892. The van der Waals surface area contributed by atoms with Gasteiger partial charge in [0.15, 0.2) is 0 Å². The lowest BCUT2D eigenvalue weighted by Gasteiger charge is -2.58. The number of aliphatic hydroxyl groups excluding tert-OH is 1. The van der Waals surface area contributed by atoms with Gasteiger partial charge in [-0.3, -0.25) is 9.59 Å². The van der Waals surface area contributed by atoms with Crippen molar-refractivity contribution >= 4 is 17.9 Å². The van der Waals surface area contributed by atoms with Gasteiger partial charge in [-0.15, -0.1) is 0 Å². The number of allylic oxidation sites excluding steroid dienone is 1. The lowest BCUT2D eigenvalue weighted by molar-refractivity contribution is -0.159. The maximum atomic E-state index is 12.8. The molecule has 2 aromatic carbocycles. The molecule has 3 atom stereocenters. The fraction of sp³-hybridized carbons (Fsp3) is 0.304. The molecule has 5 nitrogen and oxygen atoms in total. The minimum absolute atomic E-state index is 0.0278. The standard InChI is InChI=1S/C23H24N2O3/c1-2-6-16-9-11-17(12-10-16)22-19-13-24(14-21(27)25(19)20(22)15-26)23(28)18-7-4-3-5-8-18/h2-12,19-20,22,26H,13-15H2,1H3/b6-2+/t19-,20-,22+/m1/s1. The van der Waals surface area contributed by atoms with E-state index in [1.807, 2.05) is 49.4 Å². The van der Waals surface area contributed by atoms with Crippen LogP contribution in [0.4, 0.5) is 0 Å². The minimum Gasteiger partial charge on any atom is -0.394 e. The van der Waals surface area contributed by atoms with E-state index in [0.29, 0.717) is 12.1 Å². The van der Waals surface area contributed by atoms with Gasteiger partial charge in [0.25, 0.3) is 5.91 Å². The number of aliphatic hydroxyl groups is 1. The average molecular weight is 376 g/mol. The molecule has 2 heterocycles. The second-order valence-electron chi connectivity index (χ2n) is 7.36. The van der Waals surface area contributed by atoms with Crippen LogP contribution in [0.5, 0.6) is 0 Å². The third-order valence-corrected chi connectivity index (χ3v) is 5.74. The molecule has 0 aromatic heterocycles. The van der Waals surface area contributed by atoms with Crippen molar-refractivity contribution in [3.63, 3.8) is 0 Å². The summed E-state index contributed by atoms with van der Waals surface area (Å²) in [7, 11) is 0. The molecule has 0 bridgehead atoms. The maximum absolute atomic E-state index is 12.8. The van der Waals surface area contributed by atoms with E-state index in [0.717, 1.165) is 11.1 Å². The maximum Gasteiger partial charge on any atom is 0.254 e. The zero-order valence-electron chi connectivity index (χ0n) is 15.9. The first kappa shape index (κ1) is 18.4. The van der Waals surface area contributed by atoms with Gasteiger partial charge in [0, 0.05) is 18.0 Å². The van der Waals surface area contributed by atoms with Crippen molar-refractivity contribution in [1.29, 1.82) is 0 Å². The van der Waals surface area contributed by atoms with E-state index >= 15 is 0 Å². The van der Waals surface area contributed by atoms with Crippen LogP contribution in [0, 0.1) is 0 Å². The molecule has 2 aliphatic rings. The van der Waals surface area contributed by atoms with Crippen molar-refractivity contribution in [3.05, 3.63) is 77.4 Å². The van der Waals surface area contributed by atoms with Gasteiger partial charge < -0.3 is 14.9 Å². The predicted molar refractivity (Wildman–Crippen MR) is 108 cm³/mol. The molecule has 0 radical (unpaired) electrons. The highest BCUT2D eigenvalue weighted by Gasteiger charge is 2.54. The summed E-state index contributed by atoms with van der Waals surface area (Å²) < 4.78 is 0. The molecule has 4 rings (SSSR count). The van der Waals surface area contributed by atoms with Crippen LogP contribution in [0.15, 0.2) is 60.7 Å². The van der Waals surface area contributed by atoms with E-state index in [1.165, 1.54) is 0 Å². The number of carbonyl (C=O) groups is 2. The van der Waals surface area contributed by atoms with Gasteiger partial charge in [-0.05, 0) is 30.2 Å². The third kappa shape index (κ3) is 3.12. The van der Waals surface area contributed by atoms with Crippen LogP contribution in [0.25, 0.3) is 6.08 Å². The van der Waals surface area contributed by atoms with Crippen molar-refractivity contribution < 1.29 is 14.7 Å². The summed E-state index contributed by atoms with van der Waals surface area (Å²) in [6.45, 7) is 2.45. The van der Waals surface area contributed by atoms with Gasteiger partial charge in [-0.1, -0.05) is 54.6 Å². The summed E-state index contributed by atoms with van der Waals surface area (Å²) in [5, 5.41) is 9.88. The summed E-state index contributed by atoms with van der Waals surface area (Å²) in [6.07, 6.45) is 4.02. The smallest absolute Gasteiger partial charge is 0.254 e. The quantitative estimate of drug-likeness (QED) is 0.892. The predicted octanol–water partition coefficient (Wildman–Crippen LogP) is 2.53. The lowest BCUT2D eigenvalue weighted by atomic mass is 9.73. The van der Waals surface area contributed by atoms with Crippen LogP contribution in [0.1, 0.15) is 34.3 Å². The van der Waals surface area contributed by atoms with Gasteiger partial charge in [0.1, 0.15) is 6.54 Å². The highest BCUT2D eigenvalue weighted by Crippen LogP contribution is 2.43. The Morgan fingerprint density at radius 1 is 1.14 bits per heavy atom. The first-order valence-corrected chi connectivity index (χ1v) is 9.63. The summed E-state index contributed by atoms with van der Waals surface area (Å²) >= 11 is 0. The number of benzene rings is 2. The van der Waals surface area contributed by atoms with Crippen molar-refractivity contribution in [2.75, 3.05) is 19.7 Å². The van der Waals surface area contributed by atoms with Crippen LogP contribution >= 0.6 is 0 Å². The van der Waals surface area contributed by atoms with Gasteiger partial charge in [0.2, 0.25) is 5.91 Å². The fourth-order valence-corrected chi connectivity index (χ4v) is 4.44. The van der Waals surface area contributed by atoms with E-state index < -0.39 is 0 Å². The summed E-state index contributed by atoms with van der Waals surface area (Å²) in [5.41, 5.74) is 2.80. The second-order valence-corrected chi connectivity index (χ2v) is 7.36. The molecule has 5 heteroatoms. The Kier molecular flexibility index (Phi) is 5.01. The Hall–Kier alpha value is -2.92. The molecule has 1 N–H and O–H groups in total. The largest absolute Gasteiger partial charge is 0.394 e. The number of nitrogens with zero attached hydrogens (tertiary/aromatic N) is 2. The summed E-state index contributed by atoms with van der Waals surface area (Å²) in [4.78, 5) is 28.9. The van der Waals surface area contributed by atoms with E-state index in [2.05, 4.69) is 12.1 Å². The molecule has 2 amide bonds. The number of rotatable bonds is 4. The fourth-order valence-electron chi connectivity index (χ4n) is 4.44. The molecular formula is C23H24N2O3. The first-order chi connectivity index (χ1) is 13.6. The third-order valence-electron chi connectivity index (χ3n) is 5.74. The number of hydrogen-bond donors (Lipinski definition) is 1. The number of fused-ring (bicyclic) bond motifs is 1. The second kappa shape index (κ2) is 7.60. The molecule has 0 saturated carbocycles. The Labute approximate surface area is 164 Å². The van der Waals surface area contributed by atoms with Crippen molar-refractivity contribution in [2.24, 2.45) is 0 Å². The van der Waals surface area contributed by atoms with Gasteiger partial charge in [0.05, 0.1) is 18.7 Å². The number of hydrogen-bond acceptors (Lipinski definition) is 3. The summed E-state index contributed by atoms with van der Waals surface area (Å²) in [6, 6.07) is 16.9. The van der Waals surface area contributed by atoms with Gasteiger partial charge >= 0.3 is 0 Å². The van der Waals surface area contributed by atoms with Crippen LogP contribution in [-0.4, -0.2) is 58.5 Å². The molecule has 144 valence electrons. The van der Waals surface area contributed by atoms with Crippen molar-refractivity contribution in [3.8, 4) is 0 Å². The van der Waals surface area contributed by atoms with Crippen molar-refractivity contribution in [2.45, 2.75) is 24.9 Å². The highest BCUT2D eigenvalue weighted by atomic mass is 16.3. The Balaban J connectivity index is 1.58. The molecule has 2 aliphatic heterocycles. The van der Waals surface area contributed by atoms with Crippen LogP contribution in [-0.2, 0) is 4.79 Å². The number of carbonyl (C=O) groups excluding carboxylic acids is 2. The zero-order chi connectivity index (χ0) is 19.7. The Morgan fingerprint density at radius 3 is 2.50 bits per heavy atom. The van der Waals surface area contributed by atoms with Crippen LogP contribution < -0.4 is 0 Å². The molecule has 2 fully saturated rings. The van der Waals surface area contributed by atoms with E-state index in [4.69, 9.17) is 0 Å². The monoisotopic (exact) mass is 376 g/mol. The summed E-state index contributed by atoms with van der Waals surface area (Å²) in [5.74, 6) is -0.190. The highest BCUT2D eigenvalue weighted by molar-refractivity contribution is 5.97. The SMILES string of the molecule is C/C=C/c1ccc([C@@H]2[C@@H](CO)N3C(=O)CN(C(=O)c4ccccc4)C[C@H]23)cc1. The molecule has 0 unspecified atom stereocenters. The lowest BCUT2D eigenvalue weighted by Crippen LogP contribution is -2.73. The molecule has 0 aliphatic carbocycles. The molecule has 2 saturated heterocycles. The average Bonchev–Trinajstić information content (AvgIpc) is 2.71. The van der Waals surface area contributed by atoms with Crippen LogP contribution in [0.2, 0.25) is 0 Å². The number of piperazine rings is 1. The molecule has 0 spiro atoms. The van der Waals surface area contributed by atoms with Gasteiger partial charge in [-0.2, -0.15) is 0 Å². The zero-order valence-corrected chi connectivity index (χ0v) is 15.9. The van der Waals surface area contributed by atoms with E-state index in [9.17, 15) is 14.7 Å². The number of amides is 2. The normalized spacial score (nSPS) is 24.2. The molecule has 2 aromatic rings. The molecule has 28 heavy (non-hydrogen) atoms. The van der Waals surface area contributed by atoms with E-state index in [-0.39, 0.29) is 43.0 Å². The van der Waals surface area contributed by atoms with Gasteiger partial charge in [-0.25, -0.2) is 0 Å².